The molecule has 0 spiro atoms. The predicted molar refractivity (Wildman–Crippen MR) is 98.6 cm³/mol. The summed E-state index contributed by atoms with van der Waals surface area (Å²) in [6.45, 7) is 6.49. The molecule has 1 saturated heterocycles. The molecule has 2 aliphatic rings. The lowest BCUT2D eigenvalue weighted by Crippen LogP contribution is -2.48. The van der Waals surface area contributed by atoms with E-state index in [9.17, 15) is 0 Å². The molecule has 1 aliphatic heterocycles. The number of aromatic nitrogens is 4. The van der Waals surface area contributed by atoms with Crippen molar-refractivity contribution >= 4 is 5.69 Å². The maximum atomic E-state index is 4.43. The van der Waals surface area contributed by atoms with E-state index in [1.54, 1.807) is 0 Å². The van der Waals surface area contributed by atoms with Crippen LogP contribution in [-0.4, -0.2) is 51.3 Å². The van der Waals surface area contributed by atoms with Crippen LogP contribution in [0.15, 0.2) is 30.3 Å². The zero-order chi connectivity index (χ0) is 17.1. The summed E-state index contributed by atoms with van der Waals surface area (Å²) in [5, 5.41) is 12.8. The second kappa shape index (κ2) is 7.52. The highest BCUT2D eigenvalue weighted by atomic mass is 15.6. The topological polar surface area (TPSA) is 50.1 Å². The molecule has 0 unspecified atom stereocenters. The number of tetrazole rings is 1. The van der Waals surface area contributed by atoms with Gasteiger partial charge in [-0.1, -0.05) is 38.0 Å². The predicted octanol–water partition coefficient (Wildman–Crippen LogP) is 3.06. The third-order valence-electron chi connectivity index (χ3n) is 5.75. The second-order valence-corrected chi connectivity index (χ2v) is 7.20. The zero-order valence-corrected chi connectivity index (χ0v) is 15.1. The molecule has 2 aromatic rings. The molecular weight excluding hydrogens is 312 g/mol. The van der Waals surface area contributed by atoms with Crippen LogP contribution < -0.4 is 4.90 Å². The molecule has 134 valence electrons. The van der Waals surface area contributed by atoms with Crippen molar-refractivity contribution in [3.8, 4) is 0 Å². The summed E-state index contributed by atoms with van der Waals surface area (Å²) in [5.74, 6) is 1.07. The fraction of sp³-hybridized carbons (Fsp3) is 0.632. The molecule has 0 amide bonds. The van der Waals surface area contributed by atoms with Crippen LogP contribution in [0.4, 0.5) is 5.69 Å². The Morgan fingerprint density at radius 1 is 1.04 bits per heavy atom. The molecule has 1 aromatic carbocycles. The minimum Gasteiger partial charge on any atom is -0.369 e. The first-order valence-corrected chi connectivity index (χ1v) is 9.68. The van der Waals surface area contributed by atoms with Crippen molar-refractivity contribution in [1.29, 1.82) is 0 Å². The van der Waals surface area contributed by atoms with Crippen molar-refractivity contribution in [2.45, 2.75) is 51.1 Å². The Hall–Kier alpha value is -1.95. The lowest BCUT2D eigenvalue weighted by Gasteiger charge is -2.39. The van der Waals surface area contributed by atoms with E-state index in [-0.39, 0.29) is 0 Å². The smallest absolute Gasteiger partial charge is 0.168 e. The summed E-state index contributed by atoms with van der Waals surface area (Å²) in [5.41, 5.74) is 1.32. The monoisotopic (exact) mass is 340 g/mol. The first-order chi connectivity index (χ1) is 12.4. The van der Waals surface area contributed by atoms with Crippen LogP contribution in [0, 0.1) is 0 Å². The van der Waals surface area contributed by atoms with Crippen molar-refractivity contribution in [2.24, 2.45) is 0 Å². The Labute approximate surface area is 149 Å². The van der Waals surface area contributed by atoms with E-state index in [1.165, 1.54) is 31.4 Å². The minimum atomic E-state index is 0.327. The van der Waals surface area contributed by atoms with E-state index in [4.69, 9.17) is 0 Å². The van der Waals surface area contributed by atoms with E-state index < -0.39 is 0 Å². The molecular formula is C19H28N6. The molecule has 25 heavy (non-hydrogen) atoms. The Morgan fingerprint density at radius 3 is 2.44 bits per heavy atom. The fourth-order valence-corrected chi connectivity index (χ4v) is 4.36. The van der Waals surface area contributed by atoms with Gasteiger partial charge in [0.05, 0.1) is 12.1 Å². The van der Waals surface area contributed by atoms with Gasteiger partial charge in [0.15, 0.2) is 5.82 Å². The zero-order valence-electron chi connectivity index (χ0n) is 15.1. The molecule has 0 radical (unpaired) electrons. The SMILES string of the molecule is CC[C@H](c1nnnn1C1CCCC1)N1CCN(c2ccccc2)CC1. The molecule has 1 atom stereocenters. The van der Waals surface area contributed by atoms with E-state index >= 15 is 0 Å². The quantitative estimate of drug-likeness (QED) is 0.837. The average molecular weight is 340 g/mol. The number of para-hydroxylation sites is 1. The number of rotatable bonds is 5. The highest BCUT2D eigenvalue weighted by Crippen LogP contribution is 2.32. The number of hydrogen-bond donors (Lipinski definition) is 0. The van der Waals surface area contributed by atoms with E-state index in [1.807, 2.05) is 0 Å². The van der Waals surface area contributed by atoms with Crippen LogP contribution in [0.3, 0.4) is 0 Å². The Morgan fingerprint density at radius 2 is 1.76 bits per heavy atom. The summed E-state index contributed by atoms with van der Waals surface area (Å²) >= 11 is 0. The first kappa shape index (κ1) is 16.5. The average Bonchev–Trinajstić information content (AvgIpc) is 3.35. The normalized spacial score (nSPS) is 20.9. The molecule has 1 saturated carbocycles. The van der Waals surface area contributed by atoms with E-state index in [0.717, 1.165) is 38.4 Å². The fourth-order valence-electron chi connectivity index (χ4n) is 4.36. The Bertz CT molecular complexity index is 656. The maximum Gasteiger partial charge on any atom is 0.168 e. The molecule has 6 heteroatoms. The Kier molecular flexibility index (Phi) is 4.97. The van der Waals surface area contributed by atoms with Crippen molar-refractivity contribution in [1.82, 2.24) is 25.1 Å². The van der Waals surface area contributed by atoms with Crippen LogP contribution in [0.25, 0.3) is 0 Å². The largest absolute Gasteiger partial charge is 0.369 e. The van der Waals surface area contributed by atoms with Crippen LogP contribution in [-0.2, 0) is 0 Å². The third kappa shape index (κ3) is 3.40. The molecule has 0 N–H and O–H groups in total. The van der Waals surface area contributed by atoms with Crippen LogP contribution >= 0.6 is 0 Å². The molecule has 0 bridgehead atoms. The second-order valence-electron chi connectivity index (χ2n) is 7.20. The standard InChI is InChI=1S/C19H28N6/c1-2-18(19-20-21-22-25(19)17-10-6-7-11-17)24-14-12-23(13-15-24)16-8-4-3-5-9-16/h3-5,8-9,17-18H,2,6-7,10-15H2,1H3/t18-/m1/s1. The van der Waals surface area contributed by atoms with Gasteiger partial charge in [-0.25, -0.2) is 4.68 Å². The van der Waals surface area contributed by atoms with Gasteiger partial charge >= 0.3 is 0 Å². The molecule has 4 rings (SSSR count). The number of hydrogen-bond acceptors (Lipinski definition) is 5. The maximum absolute atomic E-state index is 4.43. The van der Waals surface area contributed by atoms with Gasteiger partial charge in [-0.05, 0) is 41.8 Å². The summed E-state index contributed by atoms with van der Waals surface area (Å²) in [7, 11) is 0. The first-order valence-electron chi connectivity index (χ1n) is 9.68. The highest BCUT2D eigenvalue weighted by Gasteiger charge is 2.30. The van der Waals surface area contributed by atoms with E-state index in [0.29, 0.717) is 12.1 Å². The molecule has 6 nitrogen and oxygen atoms in total. The van der Waals surface area contributed by atoms with Gasteiger partial charge < -0.3 is 4.90 Å². The van der Waals surface area contributed by atoms with Crippen LogP contribution in [0.2, 0.25) is 0 Å². The van der Waals surface area contributed by atoms with Crippen molar-refractivity contribution < 1.29 is 0 Å². The van der Waals surface area contributed by atoms with Gasteiger partial charge in [0, 0.05) is 31.9 Å². The van der Waals surface area contributed by atoms with Crippen molar-refractivity contribution in [2.75, 3.05) is 31.1 Å². The minimum absolute atomic E-state index is 0.327. The number of anilines is 1. The van der Waals surface area contributed by atoms with Crippen LogP contribution in [0.5, 0.6) is 0 Å². The molecule has 1 aromatic heterocycles. The van der Waals surface area contributed by atoms with E-state index in [2.05, 4.69) is 67.3 Å². The number of benzene rings is 1. The highest BCUT2D eigenvalue weighted by molar-refractivity contribution is 5.46. The summed E-state index contributed by atoms with van der Waals surface area (Å²) in [4.78, 5) is 5.04. The summed E-state index contributed by atoms with van der Waals surface area (Å²) in [6, 6.07) is 11.5. The Balaban J connectivity index is 1.45. The third-order valence-corrected chi connectivity index (χ3v) is 5.75. The summed E-state index contributed by atoms with van der Waals surface area (Å²) < 4.78 is 2.13. The van der Waals surface area contributed by atoms with Crippen molar-refractivity contribution in [3.05, 3.63) is 36.2 Å². The molecule has 2 fully saturated rings. The van der Waals surface area contributed by atoms with Gasteiger partial charge in [0.1, 0.15) is 0 Å². The van der Waals surface area contributed by atoms with Gasteiger partial charge in [0.2, 0.25) is 0 Å². The van der Waals surface area contributed by atoms with Crippen molar-refractivity contribution in [3.63, 3.8) is 0 Å². The molecule has 2 heterocycles. The summed E-state index contributed by atoms with van der Waals surface area (Å²) in [6.07, 6.45) is 6.10. The van der Waals surface area contributed by atoms with Gasteiger partial charge in [0.25, 0.3) is 0 Å². The lowest BCUT2D eigenvalue weighted by molar-refractivity contribution is 0.166. The van der Waals surface area contributed by atoms with Gasteiger partial charge in [-0.15, -0.1) is 5.10 Å². The lowest BCUT2D eigenvalue weighted by atomic mass is 10.1. The number of nitrogens with zero attached hydrogens (tertiary/aromatic N) is 6. The number of piperazine rings is 1. The van der Waals surface area contributed by atoms with Gasteiger partial charge in [-0.3, -0.25) is 4.90 Å². The van der Waals surface area contributed by atoms with Gasteiger partial charge in [-0.2, -0.15) is 0 Å². The van der Waals surface area contributed by atoms with Crippen LogP contribution in [0.1, 0.15) is 56.9 Å². The molecule has 1 aliphatic carbocycles.